The summed E-state index contributed by atoms with van der Waals surface area (Å²) < 4.78 is 10.6. The number of non-ortho nitro benzene ring substituents is 1. The summed E-state index contributed by atoms with van der Waals surface area (Å²) in [6, 6.07) is 12.0. The first kappa shape index (κ1) is 13.7. The lowest BCUT2D eigenvalue weighted by molar-refractivity contribution is -0.384. The molecule has 0 saturated heterocycles. The molecule has 5 nitrogen and oxygen atoms in total. The van der Waals surface area contributed by atoms with Crippen LogP contribution in [0.1, 0.15) is 16.5 Å². The Kier molecular flexibility index (Phi) is 3.66. The second kappa shape index (κ2) is 5.61. The van der Waals surface area contributed by atoms with Gasteiger partial charge in [-0.3, -0.25) is 10.1 Å². The molecule has 1 heterocycles. The zero-order chi connectivity index (χ0) is 14.8. The van der Waals surface area contributed by atoms with E-state index in [-0.39, 0.29) is 17.9 Å². The number of halogens is 1. The van der Waals surface area contributed by atoms with E-state index in [0.717, 1.165) is 16.9 Å². The molecule has 1 aliphatic heterocycles. The third-order valence-electron chi connectivity index (χ3n) is 3.32. The maximum atomic E-state index is 10.6. The lowest BCUT2D eigenvalue weighted by Gasteiger charge is -2.10. The van der Waals surface area contributed by atoms with Gasteiger partial charge in [0.15, 0.2) is 11.5 Å². The summed E-state index contributed by atoms with van der Waals surface area (Å²) >= 11 is 6.41. The third kappa shape index (κ3) is 2.92. The highest BCUT2D eigenvalue weighted by Gasteiger charge is 2.17. The van der Waals surface area contributed by atoms with Crippen molar-refractivity contribution in [2.24, 2.45) is 0 Å². The van der Waals surface area contributed by atoms with Gasteiger partial charge in [0.1, 0.15) is 0 Å². The van der Waals surface area contributed by atoms with Crippen LogP contribution in [0.4, 0.5) is 5.69 Å². The van der Waals surface area contributed by atoms with E-state index >= 15 is 0 Å². The lowest BCUT2D eigenvalue weighted by atomic mass is 10.0. The molecule has 0 N–H and O–H groups in total. The van der Waals surface area contributed by atoms with Crippen LogP contribution < -0.4 is 9.47 Å². The zero-order valence-electron chi connectivity index (χ0n) is 11.0. The van der Waals surface area contributed by atoms with Crippen LogP contribution in [0.25, 0.3) is 0 Å². The third-order valence-corrected chi connectivity index (χ3v) is 3.73. The van der Waals surface area contributed by atoms with Crippen molar-refractivity contribution >= 4 is 17.3 Å². The Morgan fingerprint density at radius 1 is 1.14 bits per heavy atom. The Labute approximate surface area is 126 Å². The number of alkyl halides is 1. The summed E-state index contributed by atoms with van der Waals surface area (Å²) in [6.45, 7) is 0.230. The maximum Gasteiger partial charge on any atom is 0.269 e. The summed E-state index contributed by atoms with van der Waals surface area (Å²) in [7, 11) is 0. The fraction of sp³-hybridized carbons (Fsp3) is 0.200. The molecule has 6 heteroatoms. The number of benzene rings is 2. The molecule has 21 heavy (non-hydrogen) atoms. The van der Waals surface area contributed by atoms with Crippen LogP contribution in [0, 0.1) is 10.1 Å². The summed E-state index contributed by atoms with van der Waals surface area (Å²) in [5, 5.41) is 10.4. The van der Waals surface area contributed by atoms with Gasteiger partial charge in [-0.05, 0) is 29.7 Å². The number of fused-ring (bicyclic) bond motifs is 1. The monoisotopic (exact) mass is 305 g/mol. The average Bonchev–Trinajstić information content (AvgIpc) is 2.95. The van der Waals surface area contributed by atoms with E-state index in [4.69, 9.17) is 21.1 Å². The lowest BCUT2D eigenvalue weighted by Crippen LogP contribution is -1.97. The molecule has 0 saturated carbocycles. The summed E-state index contributed by atoms with van der Waals surface area (Å²) in [6.07, 6.45) is 0.583. The molecule has 0 spiro atoms. The molecular formula is C15H12ClNO4. The van der Waals surface area contributed by atoms with Crippen LogP contribution in [-0.4, -0.2) is 11.7 Å². The number of nitro benzene ring substituents is 1. The molecule has 3 rings (SSSR count). The number of nitro groups is 1. The van der Waals surface area contributed by atoms with Crippen LogP contribution in [0.3, 0.4) is 0 Å². The highest BCUT2D eigenvalue weighted by molar-refractivity contribution is 6.21. The molecule has 0 amide bonds. The molecule has 0 aromatic heterocycles. The van der Waals surface area contributed by atoms with Crippen LogP contribution in [0.15, 0.2) is 42.5 Å². The quantitative estimate of drug-likeness (QED) is 0.489. The van der Waals surface area contributed by atoms with E-state index in [1.807, 2.05) is 18.2 Å². The minimum atomic E-state index is -0.417. The van der Waals surface area contributed by atoms with E-state index in [2.05, 4.69) is 0 Å². The van der Waals surface area contributed by atoms with Gasteiger partial charge in [0.05, 0.1) is 10.3 Å². The molecular weight excluding hydrogens is 294 g/mol. The van der Waals surface area contributed by atoms with E-state index in [0.29, 0.717) is 12.2 Å². The van der Waals surface area contributed by atoms with E-state index < -0.39 is 4.92 Å². The van der Waals surface area contributed by atoms with Crippen molar-refractivity contribution in [1.82, 2.24) is 0 Å². The number of nitrogens with zero attached hydrogens (tertiary/aromatic N) is 1. The molecule has 2 aromatic rings. The van der Waals surface area contributed by atoms with Gasteiger partial charge in [-0.1, -0.05) is 18.2 Å². The van der Waals surface area contributed by atoms with Crippen LogP contribution in [0.2, 0.25) is 0 Å². The van der Waals surface area contributed by atoms with Crippen LogP contribution in [-0.2, 0) is 6.42 Å². The molecule has 0 fully saturated rings. The predicted molar refractivity (Wildman–Crippen MR) is 78.0 cm³/mol. The molecule has 2 aromatic carbocycles. The van der Waals surface area contributed by atoms with Gasteiger partial charge >= 0.3 is 0 Å². The van der Waals surface area contributed by atoms with Crippen molar-refractivity contribution in [2.45, 2.75) is 11.8 Å². The first-order valence-electron chi connectivity index (χ1n) is 6.40. The Morgan fingerprint density at radius 3 is 2.57 bits per heavy atom. The molecule has 1 atom stereocenters. The van der Waals surface area contributed by atoms with Gasteiger partial charge in [-0.2, -0.15) is 0 Å². The Hall–Kier alpha value is -2.27. The molecule has 0 aliphatic carbocycles. The van der Waals surface area contributed by atoms with Crippen molar-refractivity contribution in [3.8, 4) is 11.5 Å². The van der Waals surface area contributed by atoms with E-state index in [1.54, 1.807) is 12.1 Å². The minimum Gasteiger partial charge on any atom is -0.454 e. The second-order valence-electron chi connectivity index (χ2n) is 4.71. The largest absolute Gasteiger partial charge is 0.454 e. The summed E-state index contributed by atoms with van der Waals surface area (Å²) in [4.78, 5) is 10.2. The first-order chi connectivity index (χ1) is 10.1. The SMILES string of the molecule is O=[N+]([O-])c1ccc(CC(Cl)c2ccc3c(c2)OCO3)cc1. The molecule has 1 aliphatic rings. The van der Waals surface area contributed by atoms with Gasteiger partial charge in [0.2, 0.25) is 6.79 Å². The van der Waals surface area contributed by atoms with E-state index in [9.17, 15) is 10.1 Å². The molecule has 0 bridgehead atoms. The highest BCUT2D eigenvalue weighted by atomic mass is 35.5. The summed E-state index contributed by atoms with van der Waals surface area (Å²) in [5.41, 5.74) is 1.95. The maximum absolute atomic E-state index is 10.6. The normalized spacial score (nSPS) is 14.0. The number of ether oxygens (including phenoxy) is 2. The number of rotatable bonds is 4. The fourth-order valence-corrected chi connectivity index (χ4v) is 2.50. The van der Waals surface area contributed by atoms with Crippen molar-refractivity contribution < 1.29 is 14.4 Å². The van der Waals surface area contributed by atoms with Crippen molar-refractivity contribution in [2.75, 3.05) is 6.79 Å². The Balaban J connectivity index is 1.73. The standard InChI is InChI=1S/C15H12ClNO4/c16-13(7-10-1-4-12(5-2-10)17(18)19)11-3-6-14-15(8-11)21-9-20-14/h1-6,8,13H,7,9H2. The molecule has 0 radical (unpaired) electrons. The van der Waals surface area contributed by atoms with Gasteiger partial charge in [-0.15, -0.1) is 11.6 Å². The topological polar surface area (TPSA) is 61.6 Å². The number of hydrogen-bond donors (Lipinski definition) is 0. The van der Waals surface area contributed by atoms with Crippen molar-refractivity contribution in [1.29, 1.82) is 0 Å². The molecule has 108 valence electrons. The molecule has 1 unspecified atom stereocenters. The minimum absolute atomic E-state index is 0.0768. The van der Waals surface area contributed by atoms with Gasteiger partial charge in [0, 0.05) is 12.1 Å². The second-order valence-corrected chi connectivity index (χ2v) is 5.23. The first-order valence-corrected chi connectivity index (χ1v) is 6.84. The van der Waals surface area contributed by atoms with Crippen LogP contribution in [0.5, 0.6) is 11.5 Å². The highest BCUT2D eigenvalue weighted by Crippen LogP contribution is 2.36. The predicted octanol–water partition coefficient (Wildman–Crippen LogP) is 3.85. The van der Waals surface area contributed by atoms with Crippen LogP contribution >= 0.6 is 11.6 Å². The average molecular weight is 306 g/mol. The summed E-state index contributed by atoms with van der Waals surface area (Å²) in [5.74, 6) is 1.42. The van der Waals surface area contributed by atoms with Gasteiger partial charge < -0.3 is 9.47 Å². The van der Waals surface area contributed by atoms with Gasteiger partial charge in [0.25, 0.3) is 5.69 Å². The number of hydrogen-bond acceptors (Lipinski definition) is 4. The van der Waals surface area contributed by atoms with E-state index in [1.165, 1.54) is 12.1 Å². The fourth-order valence-electron chi connectivity index (χ4n) is 2.19. The van der Waals surface area contributed by atoms with Crippen molar-refractivity contribution in [3.05, 3.63) is 63.7 Å². The van der Waals surface area contributed by atoms with Gasteiger partial charge in [-0.25, -0.2) is 0 Å². The zero-order valence-corrected chi connectivity index (χ0v) is 11.7. The Bertz CT molecular complexity index is 672. The van der Waals surface area contributed by atoms with Crippen molar-refractivity contribution in [3.63, 3.8) is 0 Å². The smallest absolute Gasteiger partial charge is 0.269 e. The Morgan fingerprint density at radius 2 is 1.86 bits per heavy atom.